The van der Waals surface area contributed by atoms with Gasteiger partial charge in [-0.15, -0.1) is 0 Å². The highest BCUT2D eigenvalue weighted by Gasteiger charge is 2.13. The Morgan fingerprint density at radius 3 is 1.32 bits per heavy atom. The molecular weight excluding hydrogens is 340 g/mol. The van der Waals surface area contributed by atoms with Gasteiger partial charge in [0.1, 0.15) is 0 Å². The molecule has 0 unspecified atom stereocenters. The summed E-state index contributed by atoms with van der Waals surface area (Å²) in [7, 11) is 0. The maximum Gasteiger partial charge on any atom is 0.0341 e. The second kappa shape index (κ2) is 13.1. The van der Waals surface area contributed by atoms with Crippen LogP contribution in [0, 0.1) is 11.8 Å². The minimum absolute atomic E-state index is 1.03. The molecule has 158 valence electrons. The fourth-order valence-corrected chi connectivity index (χ4v) is 5.24. The van der Waals surface area contributed by atoms with E-state index >= 15 is 0 Å². The van der Waals surface area contributed by atoms with Crippen molar-refractivity contribution in [2.45, 2.75) is 103 Å². The summed E-state index contributed by atoms with van der Waals surface area (Å²) in [6.07, 6.45) is 23.1. The van der Waals surface area contributed by atoms with Crippen LogP contribution in [0.15, 0.2) is 24.3 Å². The Bertz CT molecular complexity index is 451. The zero-order valence-electron chi connectivity index (χ0n) is 18.2. The SMILES string of the molecule is c1cc(NCCCCC2CCCCC2)ccc1NCCCCC1CCCCC1. The van der Waals surface area contributed by atoms with Gasteiger partial charge in [-0.2, -0.15) is 0 Å². The van der Waals surface area contributed by atoms with Crippen LogP contribution in [0.4, 0.5) is 11.4 Å². The molecule has 0 aromatic heterocycles. The standard InChI is InChI=1S/C26H44N2/c1-3-11-23(12-4-1)15-7-9-21-27-25-17-19-26(20-18-25)28-22-10-8-16-24-13-5-2-6-14-24/h17-20,23-24,27-28H,1-16,21-22H2. The fourth-order valence-electron chi connectivity index (χ4n) is 5.24. The van der Waals surface area contributed by atoms with E-state index in [1.807, 2.05) is 0 Å². The van der Waals surface area contributed by atoms with Crippen molar-refractivity contribution >= 4 is 11.4 Å². The predicted octanol–water partition coefficient (Wildman–Crippen LogP) is 8.01. The van der Waals surface area contributed by atoms with Gasteiger partial charge in [-0.1, -0.05) is 89.9 Å². The van der Waals surface area contributed by atoms with Crippen molar-refractivity contribution in [1.29, 1.82) is 0 Å². The second-order valence-corrected chi connectivity index (χ2v) is 9.43. The Labute approximate surface area is 174 Å². The molecule has 0 saturated heterocycles. The second-order valence-electron chi connectivity index (χ2n) is 9.43. The van der Waals surface area contributed by atoms with Crippen LogP contribution in [0.5, 0.6) is 0 Å². The molecule has 1 aromatic rings. The van der Waals surface area contributed by atoms with Crippen molar-refractivity contribution in [2.24, 2.45) is 11.8 Å². The number of hydrogen-bond acceptors (Lipinski definition) is 2. The van der Waals surface area contributed by atoms with Crippen LogP contribution in [-0.4, -0.2) is 13.1 Å². The summed E-state index contributed by atoms with van der Waals surface area (Å²) in [6, 6.07) is 8.91. The molecule has 0 aliphatic heterocycles. The van der Waals surface area contributed by atoms with E-state index in [9.17, 15) is 0 Å². The van der Waals surface area contributed by atoms with Gasteiger partial charge in [-0.25, -0.2) is 0 Å². The van der Waals surface area contributed by atoms with Crippen LogP contribution >= 0.6 is 0 Å². The number of anilines is 2. The molecule has 0 bridgehead atoms. The molecule has 2 fully saturated rings. The Kier molecular flexibility index (Phi) is 10.1. The van der Waals surface area contributed by atoms with Crippen LogP contribution in [0.1, 0.15) is 103 Å². The number of nitrogens with one attached hydrogen (secondary N) is 2. The smallest absolute Gasteiger partial charge is 0.0341 e. The Morgan fingerprint density at radius 1 is 0.536 bits per heavy atom. The maximum absolute atomic E-state index is 3.59. The van der Waals surface area contributed by atoms with Gasteiger partial charge in [0.05, 0.1) is 0 Å². The lowest BCUT2D eigenvalue weighted by molar-refractivity contribution is 0.331. The predicted molar refractivity (Wildman–Crippen MR) is 124 cm³/mol. The van der Waals surface area contributed by atoms with Crippen molar-refractivity contribution in [2.75, 3.05) is 23.7 Å². The van der Waals surface area contributed by atoms with Crippen LogP contribution in [0.3, 0.4) is 0 Å². The van der Waals surface area contributed by atoms with E-state index in [1.54, 1.807) is 0 Å². The van der Waals surface area contributed by atoms with Gasteiger partial charge in [0, 0.05) is 24.5 Å². The van der Waals surface area contributed by atoms with Crippen LogP contribution in [0.2, 0.25) is 0 Å². The van der Waals surface area contributed by atoms with Gasteiger partial charge in [0.2, 0.25) is 0 Å². The van der Waals surface area contributed by atoms with E-state index < -0.39 is 0 Å². The first-order valence-corrected chi connectivity index (χ1v) is 12.5. The van der Waals surface area contributed by atoms with Gasteiger partial charge in [0.25, 0.3) is 0 Å². The van der Waals surface area contributed by atoms with E-state index in [-0.39, 0.29) is 0 Å². The molecule has 2 nitrogen and oxygen atoms in total. The average Bonchev–Trinajstić information content (AvgIpc) is 2.76. The highest BCUT2D eigenvalue weighted by molar-refractivity contribution is 5.53. The molecule has 2 N–H and O–H groups in total. The van der Waals surface area contributed by atoms with E-state index in [4.69, 9.17) is 0 Å². The first kappa shape index (κ1) is 21.5. The minimum atomic E-state index is 1.03. The lowest BCUT2D eigenvalue weighted by atomic mass is 9.86. The largest absolute Gasteiger partial charge is 0.385 e. The summed E-state index contributed by atoms with van der Waals surface area (Å²) in [5.74, 6) is 2.06. The van der Waals surface area contributed by atoms with Crippen molar-refractivity contribution in [3.63, 3.8) is 0 Å². The third-order valence-corrected chi connectivity index (χ3v) is 7.07. The molecule has 2 aliphatic rings. The van der Waals surface area contributed by atoms with Crippen molar-refractivity contribution in [1.82, 2.24) is 0 Å². The summed E-state index contributed by atoms with van der Waals surface area (Å²) in [6.45, 7) is 2.22. The van der Waals surface area contributed by atoms with E-state index in [2.05, 4.69) is 34.9 Å². The van der Waals surface area contributed by atoms with Crippen molar-refractivity contribution < 1.29 is 0 Å². The van der Waals surface area contributed by atoms with Gasteiger partial charge in [-0.3, -0.25) is 0 Å². The normalized spacial score (nSPS) is 18.9. The van der Waals surface area contributed by atoms with E-state index in [1.165, 1.54) is 114 Å². The summed E-state index contributed by atoms with van der Waals surface area (Å²) < 4.78 is 0. The van der Waals surface area contributed by atoms with Crippen molar-refractivity contribution in [3.05, 3.63) is 24.3 Å². The Balaban J connectivity index is 1.19. The maximum atomic E-state index is 3.59. The topological polar surface area (TPSA) is 24.1 Å². The van der Waals surface area contributed by atoms with Gasteiger partial charge >= 0.3 is 0 Å². The van der Waals surface area contributed by atoms with E-state index in [0.29, 0.717) is 0 Å². The zero-order valence-corrected chi connectivity index (χ0v) is 18.2. The first-order chi connectivity index (χ1) is 13.9. The number of hydrogen-bond donors (Lipinski definition) is 2. The summed E-state index contributed by atoms with van der Waals surface area (Å²) in [5, 5.41) is 7.19. The fraction of sp³-hybridized carbons (Fsp3) is 0.769. The minimum Gasteiger partial charge on any atom is -0.385 e. The van der Waals surface area contributed by atoms with Crippen LogP contribution < -0.4 is 10.6 Å². The number of rotatable bonds is 12. The molecule has 0 heterocycles. The molecular formula is C26H44N2. The quantitative estimate of drug-likeness (QED) is 0.357. The molecule has 0 spiro atoms. The van der Waals surface area contributed by atoms with Crippen LogP contribution in [-0.2, 0) is 0 Å². The summed E-state index contributed by atoms with van der Waals surface area (Å²) >= 11 is 0. The molecule has 0 radical (unpaired) electrons. The molecule has 1 aromatic carbocycles. The molecule has 0 atom stereocenters. The zero-order chi connectivity index (χ0) is 19.3. The first-order valence-electron chi connectivity index (χ1n) is 12.5. The third kappa shape index (κ3) is 8.45. The van der Waals surface area contributed by atoms with Gasteiger partial charge in [0.15, 0.2) is 0 Å². The van der Waals surface area contributed by atoms with Gasteiger partial charge in [-0.05, 0) is 48.9 Å². The van der Waals surface area contributed by atoms with E-state index in [0.717, 1.165) is 24.9 Å². The molecule has 2 saturated carbocycles. The van der Waals surface area contributed by atoms with Crippen LogP contribution in [0.25, 0.3) is 0 Å². The average molecular weight is 385 g/mol. The monoisotopic (exact) mass is 384 g/mol. The van der Waals surface area contributed by atoms with Crippen molar-refractivity contribution in [3.8, 4) is 0 Å². The third-order valence-electron chi connectivity index (χ3n) is 7.07. The molecule has 2 aliphatic carbocycles. The highest BCUT2D eigenvalue weighted by atomic mass is 14.9. The number of benzene rings is 1. The Hall–Kier alpha value is -1.18. The molecule has 2 heteroatoms. The molecule has 3 rings (SSSR count). The van der Waals surface area contributed by atoms with Gasteiger partial charge < -0.3 is 10.6 Å². The molecule has 0 amide bonds. The lowest BCUT2D eigenvalue weighted by Gasteiger charge is -2.21. The molecule has 28 heavy (non-hydrogen) atoms. The highest BCUT2D eigenvalue weighted by Crippen LogP contribution is 2.28. The Morgan fingerprint density at radius 2 is 0.929 bits per heavy atom. The lowest BCUT2D eigenvalue weighted by Crippen LogP contribution is -2.08. The summed E-state index contributed by atoms with van der Waals surface area (Å²) in [4.78, 5) is 0. The summed E-state index contributed by atoms with van der Waals surface area (Å²) in [5.41, 5.74) is 2.53. The number of unbranched alkanes of at least 4 members (excludes halogenated alkanes) is 2.